The molecule has 2 nitrogen and oxygen atoms in total. The fourth-order valence-electron chi connectivity index (χ4n) is 11.5. The Bertz CT molecular complexity index is 3490. The number of anilines is 3. The van der Waals surface area contributed by atoms with Crippen molar-refractivity contribution in [2.75, 3.05) is 4.90 Å². The minimum absolute atomic E-state index is 0.487. The molecular weight excluding hydrogens is 799 g/mol. The molecule has 2 aliphatic carbocycles. The first-order valence-corrected chi connectivity index (χ1v) is 22.8. The van der Waals surface area contributed by atoms with Gasteiger partial charge in [-0.2, -0.15) is 0 Å². The van der Waals surface area contributed by atoms with E-state index in [0.717, 1.165) is 39.2 Å². The number of fused-ring (bicyclic) bond motifs is 7. The maximum atomic E-state index is 5.82. The molecule has 0 saturated carbocycles. The third-order valence-corrected chi connectivity index (χ3v) is 14.3. The molecule has 1 aromatic heterocycles. The van der Waals surface area contributed by atoms with Crippen LogP contribution in [0.5, 0.6) is 0 Å². The maximum absolute atomic E-state index is 5.82. The number of hydrogen-bond acceptors (Lipinski definition) is 2. The molecule has 2 aliphatic rings. The molecule has 66 heavy (non-hydrogen) atoms. The summed E-state index contributed by atoms with van der Waals surface area (Å²) in [5.74, 6) is 0. The van der Waals surface area contributed by atoms with Crippen LogP contribution in [-0.4, -0.2) is 0 Å². The quantitative estimate of drug-likeness (QED) is 0.152. The van der Waals surface area contributed by atoms with Crippen LogP contribution in [0.3, 0.4) is 0 Å². The maximum Gasteiger partial charge on any atom is 0.134 e. The van der Waals surface area contributed by atoms with E-state index in [1.807, 2.05) is 6.07 Å². The zero-order valence-electron chi connectivity index (χ0n) is 36.2. The molecule has 310 valence electrons. The smallest absolute Gasteiger partial charge is 0.134 e. The fraction of sp³-hybridized carbons (Fsp3) is 0.0312. The zero-order chi connectivity index (χ0) is 43.7. The molecule has 0 atom stereocenters. The van der Waals surface area contributed by atoms with Gasteiger partial charge in [0.05, 0.1) is 17.1 Å². The minimum Gasteiger partial charge on any atom is -0.464 e. The van der Waals surface area contributed by atoms with Crippen LogP contribution in [0.2, 0.25) is 0 Å². The summed E-state index contributed by atoms with van der Waals surface area (Å²) in [6.45, 7) is 0. The third kappa shape index (κ3) is 5.55. The van der Waals surface area contributed by atoms with E-state index in [2.05, 4.69) is 254 Å². The lowest BCUT2D eigenvalue weighted by molar-refractivity contribution is 0.616. The van der Waals surface area contributed by atoms with Gasteiger partial charge in [-0.3, -0.25) is 0 Å². The summed E-state index contributed by atoms with van der Waals surface area (Å²) >= 11 is 0. The monoisotopic (exact) mass is 841 g/mol. The SMILES string of the molecule is c1ccc(C2(c3ccccc3)c3ccccc3-c3cc(N(c4ccc(-c5ccc6ccoc6c5)cc4)c4ccc5c(c4)C(c4ccccc4)(c4ccccc4)c4ccccc4-5)ccc32)cc1. The number of benzene rings is 10. The first kappa shape index (κ1) is 38.0. The average molecular weight is 842 g/mol. The predicted octanol–water partition coefficient (Wildman–Crippen LogP) is 16.3. The number of rotatable bonds is 8. The van der Waals surface area contributed by atoms with Gasteiger partial charge in [0.25, 0.3) is 0 Å². The van der Waals surface area contributed by atoms with Gasteiger partial charge < -0.3 is 9.32 Å². The van der Waals surface area contributed by atoms with Crippen molar-refractivity contribution in [2.45, 2.75) is 10.8 Å². The van der Waals surface area contributed by atoms with Crippen LogP contribution >= 0.6 is 0 Å². The molecule has 1 heterocycles. The van der Waals surface area contributed by atoms with Crippen LogP contribution in [0.15, 0.2) is 265 Å². The van der Waals surface area contributed by atoms with E-state index in [4.69, 9.17) is 4.42 Å². The molecule has 0 unspecified atom stereocenters. The van der Waals surface area contributed by atoms with Crippen LogP contribution in [-0.2, 0) is 10.8 Å². The summed E-state index contributed by atoms with van der Waals surface area (Å²) in [6.07, 6.45) is 1.76. The molecule has 0 N–H and O–H groups in total. The van der Waals surface area contributed by atoms with Crippen molar-refractivity contribution in [3.63, 3.8) is 0 Å². The topological polar surface area (TPSA) is 16.4 Å². The molecule has 11 aromatic rings. The second kappa shape index (κ2) is 15.1. The average Bonchev–Trinajstić information content (AvgIpc) is 4.08. The third-order valence-electron chi connectivity index (χ3n) is 14.3. The van der Waals surface area contributed by atoms with Crippen molar-refractivity contribution < 1.29 is 4.42 Å². The van der Waals surface area contributed by atoms with Gasteiger partial charge in [0.1, 0.15) is 5.58 Å². The van der Waals surface area contributed by atoms with Gasteiger partial charge in [-0.25, -0.2) is 0 Å². The van der Waals surface area contributed by atoms with E-state index in [0.29, 0.717) is 0 Å². The van der Waals surface area contributed by atoms with Gasteiger partial charge in [0.15, 0.2) is 0 Å². The van der Waals surface area contributed by atoms with E-state index in [1.54, 1.807) is 6.26 Å². The van der Waals surface area contributed by atoms with Crippen LogP contribution in [0, 0.1) is 0 Å². The van der Waals surface area contributed by atoms with E-state index < -0.39 is 10.8 Å². The highest BCUT2D eigenvalue weighted by molar-refractivity contribution is 5.93. The molecule has 0 amide bonds. The van der Waals surface area contributed by atoms with Gasteiger partial charge in [-0.1, -0.05) is 206 Å². The van der Waals surface area contributed by atoms with Gasteiger partial charge in [0, 0.05) is 22.4 Å². The van der Waals surface area contributed by atoms with Crippen LogP contribution in [0.4, 0.5) is 17.1 Å². The van der Waals surface area contributed by atoms with Crippen LogP contribution in [0.25, 0.3) is 44.3 Å². The highest BCUT2D eigenvalue weighted by atomic mass is 16.3. The Balaban J connectivity index is 1.05. The number of hydrogen-bond donors (Lipinski definition) is 0. The summed E-state index contributed by atoms with van der Waals surface area (Å²) < 4.78 is 5.82. The lowest BCUT2D eigenvalue weighted by Gasteiger charge is -2.35. The first-order valence-electron chi connectivity index (χ1n) is 22.8. The molecule has 0 aliphatic heterocycles. The van der Waals surface area contributed by atoms with Crippen LogP contribution < -0.4 is 4.90 Å². The lowest BCUT2D eigenvalue weighted by Crippen LogP contribution is -2.28. The molecule has 10 aromatic carbocycles. The summed E-state index contributed by atoms with van der Waals surface area (Å²) in [7, 11) is 0. The minimum atomic E-state index is -0.535. The van der Waals surface area contributed by atoms with Crippen molar-refractivity contribution in [2.24, 2.45) is 0 Å². The fourth-order valence-corrected chi connectivity index (χ4v) is 11.5. The Labute approximate surface area is 385 Å². The second-order valence-corrected chi connectivity index (χ2v) is 17.6. The zero-order valence-corrected chi connectivity index (χ0v) is 36.2. The predicted molar refractivity (Wildman–Crippen MR) is 271 cm³/mol. The molecular formula is C64H43NO. The van der Waals surface area contributed by atoms with E-state index in [-0.39, 0.29) is 0 Å². The second-order valence-electron chi connectivity index (χ2n) is 17.6. The summed E-state index contributed by atoms with van der Waals surface area (Å²) in [4.78, 5) is 2.46. The highest BCUT2D eigenvalue weighted by Gasteiger charge is 2.48. The van der Waals surface area contributed by atoms with Crippen molar-refractivity contribution in [1.29, 1.82) is 0 Å². The van der Waals surface area contributed by atoms with E-state index >= 15 is 0 Å². The van der Waals surface area contributed by atoms with Crippen molar-refractivity contribution >= 4 is 28.0 Å². The van der Waals surface area contributed by atoms with E-state index in [9.17, 15) is 0 Å². The molecule has 0 fully saturated rings. The summed E-state index contributed by atoms with van der Waals surface area (Å²) in [6, 6.07) is 94.0. The highest BCUT2D eigenvalue weighted by Crippen LogP contribution is 2.59. The normalized spacial score (nSPS) is 13.7. The largest absolute Gasteiger partial charge is 0.464 e. The van der Waals surface area contributed by atoms with Crippen molar-refractivity contribution in [3.05, 3.63) is 306 Å². The Morgan fingerprint density at radius 3 is 1.32 bits per heavy atom. The standard InChI is InChI=1S/C64H43NO/c1-5-17-47(18-6-1)63(48-19-7-2-8-20-48)59-28-16-14-26-55(59)57-42-52(36-38-60(57)63)65(51-33-31-44(32-34-51)46-30-29-45-39-40-66-62(45)41-46)53-35-37-56-54-25-13-15-27-58(54)64(61(56)43-53,49-21-9-3-10-22-49)50-23-11-4-12-24-50/h1-43H. The molecule has 0 radical (unpaired) electrons. The Hall–Kier alpha value is -8.46. The molecule has 2 heteroatoms. The summed E-state index contributed by atoms with van der Waals surface area (Å²) in [5.41, 5.74) is 20.5. The lowest BCUT2D eigenvalue weighted by atomic mass is 9.67. The van der Waals surface area contributed by atoms with Crippen LogP contribution in [0.1, 0.15) is 44.5 Å². The molecule has 0 saturated heterocycles. The Morgan fingerprint density at radius 1 is 0.288 bits per heavy atom. The molecule has 13 rings (SSSR count). The Morgan fingerprint density at radius 2 is 0.727 bits per heavy atom. The van der Waals surface area contributed by atoms with E-state index in [1.165, 1.54) is 66.8 Å². The first-order chi connectivity index (χ1) is 32.7. The van der Waals surface area contributed by atoms with Gasteiger partial charge in [-0.05, 0) is 126 Å². The molecule has 0 bridgehead atoms. The Kier molecular flexibility index (Phi) is 8.69. The number of nitrogens with zero attached hydrogens (tertiary/aromatic N) is 1. The summed E-state index contributed by atoms with van der Waals surface area (Å²) in [5, 5.41) is 1.10. The number of furan rings is 1. The van der Waals surface area contributed by atoms with Gasteiger partial charge in [-0.15, -0.1) is 0 Å². The van der Waals surface area contributed by atoms with Gasteiger partial charge in [0.2, 0.25) is 0 Å². The van der Waals surface area contributed by atoms with Crippen molar-refractivity contribution in [3.8, 4) is 33.4 Å². The van der Waals surface area contributed by atoms with Crippen molar-refractivity contribution in [1.82, 2.24) is 0 Å². The molecule has 0 spiro atoms. The van der Waals surface area contributed by atoms with Gasteiger partial charge >= 0.3 is 0 Å².